The Balaban J connectivity index is 2.00. The molecule has 20 heavy (non-hydrogen) atoms. The highest BCUT2D eigenvalue weighted by molar-refractivity contribution is 5.71. The van der Waals surface area contributed by atoms with Gasteiger partial charge in [0.25, 0.3) is 0 Å². The number of hydrogen-bond acceptors (Lipinski definition) is 4. The van der Waals surface area contributed by atoms with Crippen LogP contribution >= 0.6 is 0 Å². The molecule has 0 fully saturated rings. The van der Waals surface area contributed by atoms with E-state index in [1.807, 2.05) is 30.3 Å². The normalized spacial score (nSPS) is 9.80. The lowest BCUT2D eigenvalue weighted by Crippen LogP contribution is -2.11. The van der Waals surface area contributed by atoms with E-state index in [2.05, 4.69) is 10.0 Å². The van der Waals surface area contributed by atoms with Gasteiger partial charge in [-0.15, -0.1) is 0 Å². The summed E-state index contributed by atoms with van der Waals surface area (Å²) in [4.78, 5) is 14.4. The van der Waals surface area contributed by atoms with Gasteiger partial charge >= 0.3 is 6.09 Å². The Morgan fingerprint density at radius 2 is 2.10 bits per heavy atom. The van der Waals surface area contributed by atoms with Gasteiger partial charge in [0.1, 0.15) is 12.4 Å². The maximum Gasteiger partial charge on any atom is 0.418 e. The highest BCUT2D eigenvalue weighted by Crippen LogP contribution is 2.19. The van der Waals surface area contributed by atoms with E-state index in [4.69, 9.17) is 10.3 Å². The van der Waals surface area contributed by atoms with E-state index >= 15 is 0 Å². The van der Waals surface area contributed by atoms with Crippen molar-refractivity contribution in [2.75, 3.05) is 0 Å². The summed E-state index contributed by atoms with van der Waals surface area (Å²) in [5.74, 6) is -0.117. The van der Waals surface area contributed by atoms with Crippen molar-refractivity contribution in [3.63, 3.8) is 0 Å². The number of rotatable bonds is 4. The first-order chi connectivity index (χ1) is 9.70. The summed E-state index contributed by atoms with van der Waals surface area (Å²) in [5.41, 5.74) is 9.45. The quantitative estimate of drug-likeness (QED) is 0.525. The smallest absolute Gasteiger partial charge is 0.418 e. The van der Waals surface area contributed by atoms with Crippen LogP contribution in [0.25, 0.3) is 10.4 Å². The Hall–Kier alpha value is -2.92. The molecule has 0 amide bonds. The minimum Gasteiger partial charge on any atom is -0.506 e. The molecule has 0 aliphatic carbocycles. The lowest BCUT2D eigenvalue weighted by atomic mass is 10.2. The number of carbonyl (C=O) groups excluding carboxylic acids is 1. The number of carbonyl (C=O) groups is 1. The molecule has 0 saturated heterocycles. The molecule has 0 atom stereocenters. The average Bonchev–Trinajstić information content (AvgIpc) is 2.85. The number of benzene rings is 1. The number of hydrogen-bond donors (Lipinski definition) is 1. The molecule has 1 heterocycles. The predicted octanol–water partition coefficient (Wildman–Crippen LogP) is 3.19. The monoisotopic (exact) mass is 272 g/mol. The van der Waals surface area contributed by atoms with Crippen molar-refractivity contribution in [3.8, 4) is 5.75 Å². The highest BCUT2D eigenvalue weighted by atomic mass is 16.5. The molecule has 0 unspecified atom stereocenters. The zero-order chi connectivity index (χ0) is 14.4. The van der Waals surface area contributed by atoms with Crippen molar-refractivity contribution in [1.82, 2.24) is 4.57 Å². The largest absolute Gasteiger partial charge is 0.506 e. The average molecular weight is 272 g/mol. The third-order valence-corrected chi connectivity index (χ3v) is 2.61. The standard InChI is InChI=1S/C13H12N4O3/c14-16-15-6-11-7-17(8-12(11)18)13(19)20-9-10-4-2-1-3-5-10/h1-5,7-8,18H,6,9H2. The number of aromatic nitrogens is 1. The van der Waals surface area contributed by atoms with Crippen molar-refractivity contribution in [3.05, 3.63) is 64.3 Å². The van der Waals surface area contributed by atoms with E-state index in [0.29, 0.717) is 5.56 Å². The third-order valence-electron chi connectivity index (χ3n) is 2.61. The number of aromatic hydroxyl groups is 1. The second-order valence-electron chi connectivity index (χ2n) is 4.01. The van der Waals surface area contributed by atoms with Crippen molar-refractivity contribution in [2.24, 2.45) is 5.11 Å². The van der Waals surface area contributed by atoms with E-state index in [-0.39, 0.29) is 18.9 Å². The maximum absolute atomic E-state index is 11.8. The van der Waals surface area contributed by atoms with Crippen LogP contribution in [0, 0.1) is 0 Å². The van der Waals surface area contributed by atoms with Gasteiger partial charge in [-0.2, -0.15) is 0 Å². The summed E-state index contributed by atoms with van der Waals surface area (Å²) < 4.78 is 6.21. The molecule has 7 nitrogen and oxygen atoms in total. The van der Waals surface area contributed by atoms with Gasteiger partial charge in [-0.25, -0.2) is 4.79 Å². The van der Waals surface area contributed by atoms with Gasteiger partial charge < -0.3 is 9.84 Å². The van der Waals surface area contributed by atoms with E-state index in [1.165, 1.54) is 12.4 Å². The van der Waals surface area contributed by atoms with Gasteiger partial charge in [-0.05, 0) is 11.1 Å². The SMILES string of the molecule is [N-]=[N+]=NCc1cn(C(=O)OCc2ccccc2)cc1O. The third kappa shape index (κ3) is 3.30. The van der Waals surface area contributed by atoms with Gasteiger partial charge in [-0.1, -0.05) is 35.4 Å². The van der Waals surface area contributed by atoms with E-state index in [1.54, 1.807) is 0 Å². The lowest BCUT2D eigenvalue weighted by Gasteiger charge is -2.04. The molecule has 0 aliphatic heterocycles. The first-order valence-corrected chi connectivity index (χ1v) is 5.82. The second-order valence-corrected chi connectivity index (χ2v) is 4.01. The zero-order valence-corrected chi connectivity index (χ0v) is 10.5. The summed E-state index contributed by atoms with van der Waals surface area (Å²) in [7, 11) is 0. The van der Waals surface area contributed by atoms with Crippen LogP contribution in [0.3, 0.4) is 0 Å². The van der Waals surface area contributed by atoms with Gasteiger partial charge in [0, 0.05) is 16.7 Å². The fraction of sp³-hybridized carbons (Fsp3) is 0.154. The van der Waals surface area contributed by atoms with Gasteiger partial charge in [-0.3, -0.25) is 4.57 Å². The van der Waals surface area contributed by atoms with Crippen LogP contribution in [0.4, 0.5) is 4.79 Å². The summed E-state index contributed by atoms with van der Waals surface area (Å²) in [6, 6.07) is 9.25. The molecular formula is C13H12N4O3. The van der Waals surface area contributed by atoms with Crippen molar-refractivity contribution in [1.29, 1.82) is 0 Å². The molecule has 2 rings (SSSR count). The summed E-state index contributed by atoms with van der Waals surface area (Å²) in [6.45, 7) is 0.117. The minimum absolute atomic E-state index is 0.0265. The fourth-order valence-electron chi connectivity index (χ4n) is 1.61. The maximum atomic E-state index is 11.8. The second kappa shape index (κ2) is 6.31. The fourth-order valence-corrected chi connectivity index (χ4v) is 1.61. The molecule has 1 aromatic heterocycles. The van der Waals surface area contributed by atoms with Gasteiger partial charge in [0.15, 0.2) is 0 Å². The first-order valence-electron chi connectivity index (χ1n) is 5.82. The Labute approximate surface area is 114 Å². The summed E-state index contributed by atoms with van der Waals surface area (Å²) in [5, 5.41) is 12.9. The number of nitrogens with zero attached hydrogens (tertiary/aromatic N) is 4. The molecule has 0 saturated carbocycles. The minimum atomic E-state index is -0.614. The number of ether oxygens (including phenoxy) is 1. The molecule has 7 heteroatoms. The van der Waals surface area contributed by atoms with Crippen LogP contribution in [0.1, 0.15) is 11.1 Å². The van der Waals surface area contributed by atoms with E-state index in [0.717, 1.165) is 10.1 Å². The van der Waals surface area contributed by atoms with Crippen molar-refractivity contribution >= 4 is 6.09 Å². The lowest BCUT2D eigenvalue weighted by molar-refractivity contribution is 0.141. The van der Waals surface area contributed by atoms with Crippen LogP contribution in [-0.4, -0.2) is 15.8 Å². The van der Waals surface area contributed by atoms with Crippen LogP contribution in [0.5, 0.6) is 5.75 Å². The van der Waals surface area contributed by atoms with Crippen LogP contribution < -0.4 is 0 Å². The van der Waals surface area contributed by atoms with Gasteiger partial charge in [0.05, 0.1) is 12.7 Å². The van der Waals surface area contributed by atoms with Crippen LogP contribution in [0.2, 0.25) is 0 Å². The highest BCUT2D eigenvalue weighted by Gasteiger charge is 2.11. The molecule has 102 valence electrons. The molecule has 1 aromatic carbocycles. The van der Waals surface area contributed by atoms with Crippen LogP contribution in [0.15, 0.2) is 47.8 Å². The summed E-state index contributed by atoms with van der Waals surface area (Å²) in [6.07, 6.45) is 1.98. The Bertz CT molecular complexity index is 645. The van der Waals surface area contributed by atoms with Crippen LogP contribution in [-0.2, 0) is 17.9 Å². The Kier molecular flexibility index (Phi) is 4.26. The topological polar surface area (TPSA) is 100 Å². The molecule has 1 N–H and O–H groups in total. The van der Waals surface area contributed by atoms with E-state index in [9.17, 15) is 9.90 Å². The van der Waals surface area contributed by atoms with Gasteiger partial charge in [0.2, 0.25) is 0 Å². The summed E-state index contributed by atoms with van der Waals surface area (Å²) >= 11 is 0. The first kappa shape index (κ1) is 13.5. The molecule has 2 aromatic rings. The Morgan fingerprint density at radius 3 is 2.80 bits per heavy atom. The zero-order valence-electron chi connectivity index (χ0n) is 10.5. The molecule has 0 spiro atoms. The number of azide groups is 1. The molecule has 0 aliphatic rings. The van der Waals surface area contributed by atoms with E-state index < -0.39 is 6.09 Å². The molecule has 0 bridgehead atoms. The Morgan fingerprint density at radius 1 is 1.35 bits per heavy atom. The van der Waals surface area contributed by atoms with Crippen molar-refractivity contribution in [2.45, 2.75) is 13.2 Å². The van der Waals surface area contributed by atoms with Crippen molar-refractivity contribution < 1.29 is 14.6 Å². The predicted molar refractivity (Wildman–Crippen MR) is 71.0 cm³/mol. The molecule has 0 radical (unpaired) electrons. The molecular weight excluding hydrogens is 260 g/mol.